The Labute approximate surface area is 261 Å². The summed E-state index contributed by atoms with van der Waals surface area (Å²) in [5.41, 5.74) is 1.54. The molecule has 0 fully saturated rings. The molecule has 12 heteroatoms. The van der Waals surface area contributed by atoms with E-state index in [1.165, 1.54) is 41.3 Å². The first-order valence-corrected chi connectivity index (χ1v) is 15.6. The number of benzene rings is 4. The summed E-state index contributed by atoms with van der Waals surface area (Å²) in [5, 5.41) is 12.0. The average molecular weight is 636 g/mol. The quantitative estimate of drug-likeness (QED) is 0.166. The van der Waals surface area contributed by atoms with E-state index in [0.717, 1.165) is 17.7 Å². The molecule has 4 rings (SSSR count). The number of hydrogen-bond acceptors (Lipinski definition) is 7. The minimum atomic E-state index is -3.96. The lowest BCUT2D eigenvalue weighted by Gasteiger charge is -2.31. The molecule has 0 aromatic heterocycles. The minimum absolute atomic E-state index is 0.0599. The van der Waals surface area contributed by atoms with Crippen molar-refractivity contribution in [1.82, 2.24) is 10.2 Å². The maximum atomic E-state index is 13.8. The Morgan fingerprint density at radius 3 is 2.16 bits per heavy atom. The number of methoxy groups -OCH3 is 1. The van der Waals surface area contributed by atoms with Gasteiger partial charge in [-0.1, -0.05) is 42.5 Å². The summed E-state index contributed by atoms with van der Waals surface area (Å²) < 4.78 is 52.1. The molecule has 0 unspecified atom stereocenters. The number of carbonyl (C=O) groups excluding carboxylic acids is 2. The first-order chi connectivity index (χ1) is 21.7. The maximum Gasteiger partial charge on any atom is 0.261 e. The van der Waals surface area contributed by atoms with Crippen molar-refractivity contribution in [2.45, 2.75) is 23.9 Å². The van der Waals surface area contributed by atoms with E-state index in [2.05, 4.69) is 10.0 Å². The van der Waals surface area contributed by atoms with Gasteiger partial charge >= 0.3 is 0 Å². The second-order valence-electron chi connectivity index (χ2n) is 9.92. The summed E-state index contributed by atoms with van der Waals surface area (Å²) in [5.74, 6) is -0.530. The predicted octanol–water partition coefficient (Wildman–Crippen LogP) is 4.28. The fourth-order valence-electron chi connectivity index (χ4n) is 4.42. The van der Waals surface area contributed by atoms with Crippen LogP contribution in [0.5, 0.6) is 11.5 Å². The van der Waals surface area contributed by atoms with E-state index in [0.29, 0.717) is 17.7 Å². The smallest absolute Gasteiger partial charge is 0.261 e. The van der Waals surface area contributed by atoms with Gasteiger partial charge in [0.25, 0.3) is 15.9 Å². The molecule has 0 saturated carbocycles. The number of nitrogens with zero attached hydrogens (tertiary/aromatic N) is 1. The number of hydrogen-bond donors (Lipinski definition) is 3. The molecule has 1 atom stereocenters. The largest absolute Gasteiger partial charge is 0.497 e. The molecule has 45 heavy (non-hydrogen) atoms. The highest BCUT2D eigenvalue weighted by atomic mass is 32.2. The van der Waals surface area contributed by atoms with Crippen LogP contribution in [0.1, 0.15) is 23.6 Å². The summed E-state index contributed by atoms with van der Waals surface area (Å²) in [7, 11) is -2.41. The third kappa shape index (κ3) is 9.27. The lowest BCUT2D eigenvalue weighted by molar-refractivity contribution is -0.143. The van der Waals surface area contributed by atoms with Gasteiger partial charge in [0.05, 0.1) is 12.0 Å². The highest BCUT2D eigenvalue weighted by Crippen LogP contribution is 2.26. The van der Waals surface area contributed by atoms with E-state index in [4.69, 9.17) is 9.47 Å². The summed E-state index contributed by atoms with van der Waals surface area (Å²) in [6.07, 6.45) is 0.355. The van der Waals surface area contributed by atoms with E-state index in [-0.39, 0.29) is 36.0 Å². The number of sulfonamides is 1. The fourth-order valence-corrected chi connectivity index (χ4v) is 5.48. The van der Waals surface area contributed by atoms with E-state index >= 15 is 0 Å². The number of aliphatic hydroxyl groups is 1. The van der Waals surface area contributed by atoms with Crippen molar-refractivity contribution in [1.29, 1.82) is 0 Å². The van der Waals surface area contributed by atoms with Crippen LogP contribution in [0.3, 0.4) is 0 Å². The fraction of sp³-hybridized carbons (Fsp3) is 0.212. The maximum absolute atomic E-state index is 13.8. The van der Waals surface area contributed by atoms with Crippen molar-refractivity contribution in [3.63, 3.8) is 0 Å². The Kier molecular flexibility index (Phi) is 11.5. The van der Waals surface area contributed by atoms with Gasteiger partial charge < -0.3 is 24.8 Å². The molecule has 0 aliphatic heterocycles. The number of rotatable bonds is 15. The predicted molar refractivity (Wildman–Crippen MR) is 167 cm³/mol. The second kappa shape index (κ2) is 15.7. The zero-order valence-corrected chi connectivity index (χ0v) is 25.4. The second-order valence-corrected chi connectivity index (χ2v) is 11.6. The molecule has 0 heterocycles. The Morgan fingerprint density at radius 2 is 1.53 bits per heavy atom. The zero-order valence-electron chi connectivity index (χ0n) is 24.6. The van der Waals surface area contributed by atoms with Crippen LogP contribution in [0.25, 0.3) is 0 Å². The van der Waals surface area contributed by atoms with E-state index in [9.17, 15) is 27.5 Å². The SMILES string of the molecule is COc1ccc(CN(C(=O)COc2ccc(S(=O)(=O)Nc3ccc(F)cc3)cc2)[C@@H](C(=O)NCCCO)c2ccccc2)cc1. The van der Waals surface area contributed by atoms with Crippen LogP contribution in [0.15, 0.2) is 108 Å². The van der Waals surface area contributed by atoms with Gasteiger partial charge in [-0.3, -0.25) is 14.3 Å². The number of carbonyl (C=O) groups is 2. The highest BCUT2D eigenvalue weighted by Gasteiger charge is 2.31. The van der Waals surface area contributed by atoms with Crippen LogP contribution in [0, 0.1) is 5.82 Å². The first kappa shape index (κ1) is 33.0. The summed E-state index contributed by atoms with van der Waals surface area (Å²) >= 11 is 0. The average Bonchev–Trinajstić information content (AvgIpc) is 3.05. The monoisotopic (exact) mass is 635 g/mol. The first-order valence-electron chi connectivity index (χ1n) is 14.1. The molecule has 0 aliphatic carbocycles. The summed E-state index contributed by atoms with van der Waals surface area (Å²) in [6.45, 7) is -0.235. The molecule has 0 saturated heterocycles. The topological polar surface area (TPSA) is 134 Å². The Morgan fingerprint density at radius 1 is 0.889 bits per heavy atom. The number of anilines is 1. The van der Waals surface area contributed by atoms with Gasteiger partial charge in [0.2, 0.25) is 5.91 Å². The van der Waals surface area contributed by atoms with Crippen LogP contribution in [0.4, 0.5) is 10.1 Å². The zero-order chi connectivity index (χ0) is 32.2. The van der Waals surface area contributed by atoms with Gasteiger partial charge in [0.1, 0.15) is 23.4 Å². The Balaban J connectivity index is 1.54. The number of ether oxygens (including phenoxy) is 2. The van der Waals surface area contributed by atoms with Crippen molar-refractivity contribution in [3.8, 4) is 11.5 Å². The third-order valence-corrected chi connectivity index (χ3v) is 8.13. The minimum Gasteiger partial charge on any atom is -0.497 e. The van der Waals surface area contributed by atoms with Gasteiger partial charge in [-0.05, 0) is 78.2 Å². The van der Waals surface area contributed by atoms with Crippen molar-refractivity contribution < 1.29 is 37.0 Å². The lowest BCUT2D eigenvalue weighted by atomic mass is 10.0. The van der Waals surface area contributed by atoms with Gasteiger partial charge in [0.15, 0.2) is 6.61 Å². The number of nitrogens with one attached hydrogen (secondary N) is 2. The van der Waals surface area contributed by atoms with E-state index < -0.39 is 40.3 Å². The van der Waals surface area contributed by atoms with Crippen LogP contribution < -0.4 is 19.5 Å². The van der Waals surface area contributed by atoms with Gasteiger partial charge in [-0.2, -0.15) is 0 Å². The molecule has 0 aliphatic rings. The van der Waals surface area contributed by atoms with Crippen LogP contribution in [-0.2, 0) is 26.2 Å². The van der Waals surface area contributed by atoms with Crippen LogP contribution in [0.2, 0.25) is 0 Å². The molecule has 4 aromatic rings. The van der Waals surface area contributed by atoms with Crippen molar-refractivity contribution >= 4 is 27.5 Å². The van der Waals surface area contributed by atoms with Crippen LogP contribution in [-0.4, -0.2) is 57.1 Å². The molecule has 0 spiro atoms. The summed E-state index contributed by atoms with van der Waals surface area (Å²) in [6, 6.07) is 25.3. The molecule has 236 valence electrons. The molecule has 10 nitrogen and oxygen atoms in total. The Hall–Kier alpha value is -4.94. The molecule has 2 amide bonds. The van der Waals surface area contributed by atoms with Gasteiger partial charge in [-0.25, -0.2) is 12.8 Å². The van der Waals surface area contributed by atoms with Crippen molar-refractivity contribution in [2.75, 3.05) is 31.6 Å². The molecule has 0 bridgehead atoms. The molecular weight excluding hydrogens is 601 g/mol. The number of amides is 2. The van der Waals surface area contributed by atoms with Crippen molar-refractivity contribution in [3.05, 3.63) is 120 Å². The standard InChI is InChI=1S/C33H34FN3O7S/c1-43-28-14-8-24(9-15-28)22-37(32(25-6-3-2-4-7-25)33(40)35-20-5-21-38)31(39)23-44-29-16-18-30(19-17-29)45(41,42)36-27-12-10-26(34)11-13-27/h2-4,6-19,32,36,38H,5,20-23H2,1H3,(H,35,40)/t32-/m1/s1. The molecule has 0 radical (unpaired) electrons. The third-order valence-electron chi connectivity index (χ3n) is 6.73. The highest BCUT2D eigenvalue weighted by molar-refractivity contribution is 7.92. The van der Waals surface area contributed by atoms with Crippen molar-refractivity contribution in [2.24, 2.45) is 0 Å². The summed E-state index contributed by atoms with van der Waals surface area (Å²) in [4.78, 5) is 28.6. The van der Waals surface area contributed by atoms with Gasteiger partial charge in [-0.15, -0.1) is 0 Å². The number of aliphatic hydroxyl groups excluding tert-OH is 1. The van der Waals surface area contributed by atoms with E-state index in [1.54, 1.807) is 55.6 Å². The lowest BCUT2D eigenvalue weighted by Crippen LogP contribution is -2.45. The van der Waals surface area contributed by atoms with Crippen LogP contribution >= 0.6 is 0 Å². The Bertz CT molecular complexity index is 1650. The number of halogens is 1. The molecule has 4 aromatic carbocycles. The molecule has 3 N–H and O–H groups in total. The van der Waals surface area contributed by atoms with E-state index in [1.807, 2.05) is 6.07 Å². The normalized spacial score (nSPS) is 11.7. The molecular formula is C33H34FN3O7S. The van der Waals surface area contributed by atoms with Gasteiger partial charge in [0, 0.05) is 25.4 Å².